The smallest absolute Gasteiger partial charge is 0.232 e. The van der Waals surface area contributed by atoms with E-state index < -0.39 is 15.3 Å². The molecule has 6 heteroatoms. The van der Waals surface area contributed by atoms with Gasteiger partial charge in [0.2, 0.25) is 5.91 Å². The SMILES string of the molecule is CN(C(=O)C(C)(C)c1ccc(N)cc1)C1CCS(=O)(=O)C1. The Balaban J connectivity index is 2.20. The van der Waals surface area contributed by atoms with Crippen molar-refractivity contribution in [2.75, 3.05) is 24.3 Å². The summed E-state index contributed by atoms with van der Waals surface area (Å²) in [6.07, 6.45) is 0.516. The van der Waals surface area contributed by atoms with Gasteiger partial charge in [0.1, 0.15) is 0 Å². The van der Waals surface area contributed by atoms with E-state index in [1.807, 2.05) is 26.0 Å². The highest BCUT2D eigenvalue weighted by molar-refractivity contribution is 7.91. The van der Waals surface area contributed by atoms with Crippen molar-refractivity contribution in [1.29, 1.82) is 0 Å². The average Bonchev–Trinajstić information content (AvgIpc) is 2.78. The van der Waals surface area contributed by atoms with E-state index in [9.17, 15) is 13.2 Å². The first-order valence-electron chi connectivity index (χ1n) is 6.97. The van der Waals surface area contributed by atoms with Crippen molar-refractivity contribution in [3.63, 3.8) is 0 Å². The first-order chi connectivity index (χ1) is 9.63. The molecule has 1 fully saturated rings. The Morgan fingerprint density at radius 3 is 2.33 bits per heavy atom. The van der Waals surface area contributed by atoms with Crippen LogP contribution in [-0.2, 0) is 20.0 Å². The van der Waals surface area contributed by atoms with Gasteiger partial charge in [0.15, 0.2) is 9.84 Å². The minimum atomic E-state index is -3.00. The van der Waals surface area contributed by atoms with E-state index >= 15 is 0 Å². The van der Waals surface area contributed by atoms with Crippen LogP contribution >= 0.6 is 0 Å². The van der Waals surface area contributed by atoms with Crippen molar-refractivity contribution >= 4 is 21.4 Å². The van der Waals surface area contributed by atoms with Gasteiger partial charge in [0.25, 0.3) is 0 Å². The molecule has 0 aromatic heterocycles. The predicted molar refractivity (Wildman–Crippen MR) is 83.7 cm³/mol. The second-order valence-corrected chi connectivity index (χ2v) is 8.45. The fraction of sp³-hybridized carbons (Fsp3) is 0.533. The molecule has 1 saturated heterocycles. The third kappa shape index (κ3) is 3.20. The molecular weight excluding hydrogens is 288 g/mol. The van der Waals surface area contributed by atoms with Crippen LogP contribution in [-0.4, -0.2) is 43.8 Å². The maximum absolute atomic E-state index is 12.7. The van der Waals surface area contributed by atoms with E-state index in [2.05, 4.69) is 0 Å². The Morgan fingerprint density at radius 2 is 1.86 bits per heavy atom. The number of amides is 1. The van der Waals surface area contributed by atoms with E-state index in [-0.39, 0.29) is 23.5 Å². The average molecular weight is 310 g/mol. The lowest BCUT2D eigenvalue weighted by molar-refractivity contribution is -0.136. The van der Waals surface area contributed by atoms with Crippen LogP contribution < -0.4 is 5.73 Å². The van der Waals surface area contributed by atoms with Crippen molar-refractivity contribution in [1.82, 2.24) is 4.90 Å². The van der Waals surface area contributed by atoms with E-state index in [1.54, 1.807) is 24.1 Å². The van der Waals surface area contributed by atoms with Crippen molar-refractivity contribution < 1.29 is 13.2 Å². The molecule has 0 bridgehead atoms. The molecule has 116 valence electrons. The zero-order valence-electron chi connectivity index (χ0n) is 12.7. The number of nitrogen functional groups attached to an aromatic ring is 1. The molecule has 1 aromatic rings. The molecule has 0 radical (unpaired) electrons. The van der Waals surface area contributed by atoms with Crippen LogP contribution in [0, 0.1) is 0 Å². The van der Waals surface area contributed by atoms with Gasteiger partial charge in [-0.05, 0) is 38.0 Å². The van der Waals surface area contributed by atoms with Gasteiger partial charge in [-0.1, -0.05) is 12.1 Å². The summed E-state index contributed by atoms with van der Waals surface area (Å²) in [6.45, 7) is 3.70. The van der Waals surface area contributed by atoms with Gasteiger partial charge in [-0.25, -0.2) is 8.42 Å². The van der Waals surface area contributed by atoms with Crippen LogP contribution in [0.5, 0.6) is 0 Å². The van der Waals surface area contributed by atoms with Crippen LogP contribution in [0.3, 0.4) is 0 Å². The molecule has 0 spiro atoms. The molecule has 1 heterocycles. The fourth-order valence-corrected chi connectivity index (χ4v) is 4.49. The van der Waals surface area contributed by atoms with Gasteiger partial charge in [-0.15, -0.1) is 0 Å². The quantitative estimate of drug-likeness (QED) is 0.851. The minimum Gasteiger partial charge on any atom is -0.399 e. The Morgan fingerprint density at radius 1 is 1.29 bits per heavy atom. The maximum Gasteiger partial charge on any atom is 0.232 e. The largest absolute Gasteiger partial charge is 0.399 e. The standard InChI is InChI=1S/C15H22N2O3S/c1-15(2,11-4-6-12(16)7-5-11)14(18)17(3)13-8-9-21(19,20)10-13/h4-7,13H,8-10,16H2,1-3H3. The van der Waals surface area contributed by atoms with Crippen LogP contribution in [0.1, 0.15) is 25.8 Å². The van der Waals surface area contributed by atoms with Crippen molar-refractivity contribution in [3.05, 3.63) is 29.8 Å². The van der Waals surface area contributed by atoms with Crippen LogP contribution in [0.15, 0.2) is 24.3 Å². The molecule has 2 rings (SSSR count). The lowest BCUT2D eigenvalue weighted by Gasteiger charge is -2.33. The highest BCUT2D eigenvalue weighted by Crippen LogP contribution is 2.28. The second-order valence-electron chi connectivity index (χ2n) is 6.22. The number of benzene rings is 1. The number of sulfone groups is 1. The number of carbonyl (C=O) groups excluding carboxylic acids is 1. The number of hydrogen-bond acceptors (Lipinski definition) is 4. The second kappa shape index (κ2) is 5.33. The molecule has 1 amide bonds. The molecule has 1 atom stereocenters. The molecule has 5 nitrogen and oxygen atoms in total. The predicted octanol–water partition coefficient (Wildman–Crippen LogP) is 1.19. The number of nitrogens with two attached hydrogens (primary N) is 1. The summed E-state index contributed by atoms with van der Waals surface area (Å²) in [6, 6.07) is 6.99. The molecule has 1 aromatic carbocycles. The monoisotopic (exact) mass is 310 g/mol. The summed E-state index contributed by atoms with van der Waals surface area (Å²) in [5, 5.41) is 0. The number of likely N-dealkylation sites (N-methyl/N-ethyl adjacent to an activating group) is 1. The van der Waals surface area contributed by atoms with Gasteiger partial charge in [0, 0.05) is 18.8 Å². The first-order valence-corrected chi connectivity index (χ1v) is 8.79. The number of rotatable bonds is 3. The van der Waals surface area contributed by atoms with Crippen molar-refractivity contribution in [2.45, 2.75) is 31.7 Å². The third-order valence-corrected chi connectivity index (χ3v) is 5.99. The molecule has 1 aliphatic rings. The van der Waals surface area contributed by atoms with Gasteiger partial charge in [-0.2, -0.15) is 0 Å². The summed E-state index contributed by atoms with van der Waals surface area (Å²) in [4.78, 5) is 14.3. The molecule has 21 heavy (non-hydrogen) atoms. The Hall–Kier alpha value is -1.56. The Labute approximate surface area is 126 Å². The zero-order chi connectivity index (χ0) is 15.8. The highest BCUT2D eigenvalue weighted by atomic mass is 32.2. The summed E-state index contributed by atoms with van der Waals surface area (Å²) >= 11 is 0. The number of carbonyl (C=O) groups is 1. The van der Waals surface area contributed by atoms with E-state index in [1.165, 1.54) is 0 Å². The van der Waals surface area contributed by atoms with Crippen molar-refractivity contribution in [3.8, 4) is 0 Å². The summed E-state index contributed by atoms with van der Waals surface area (Å²) in [5.41, 5.74) is 6.48. The summed E-state index contributed by atoms with van der Waals surface area (Å²) in [7, 11) is -1.31. The Kier molecular flexibility index (Phi) is 4.02. The number of anilines is 1. The fourth-order valence-electron chi connectivity index (χ4n) is 2.71. The highest BCUT2D eigenvalue weighted by Gasteiger charge is 2.38. The molecule has 0 saturated carbocycles. The lowest BCUT2D eigenvalue weighted by atomic mass is 9.83. The van der Waals surface area contributed by atoms with Gasteiger partial charge < -0.3 is 10.6 Å². The molecule has 2 N–H and O–H groups in total. The summed E-state index contributed by atoms with van der Waals surface area (Å²) in [5.74, 6) is 0.152. The summed E-state index contributed by atoms with van der Waals surface area (Å²) < 4.78 is 23.1. The van der Waals surface area contributed by atoms with E-state index in [4.69, 9.17) is 5.73 Å². The Bertz CT molecular complexity index is 635. The lowest BCUT2D eigenvalue weighted by Crippen LogP contribution is -2.46. The van der Waals surface area contributed by atoms with Gasteiger partial charge in [-0.3, -0.25) is 4.79 Å². The normalized spacial score (nSPS) is 21.2. The van der Waals surface area contributed by atoms with Crippen LogP contribution in [0.2, 0.25) is 0 Å². The first kappa shape index (κ1) is 15.8. The minimum absolute atomic E-state index is 0.0626. The number of hydrogen-bond donors (Lipinski definition) is 1. The molecular formula is C15H22N2O3S. The van der Waals surface area contributed by atoms with E-state index in [0.29, 0.717) is 12.1 Å². The molecule has 1 aliphatic heterocycles. The van der Waals surface area contributed by atoms with Crippen LogP contribution in [0.25, 0.3) is 0 Å². The maximum atomic E-state index is 12.7. The molecule has 1 unspecified atom stereocenters. The third-order valence-electron chi connectivity index (χ3n) is 4.24. The molecule has 0 aliphatic carbocycles. The number of nitrogens with zero attached hydrogens (tertiary/aromatic N) is 1. The van der Waals surface area contributed by atoms with E-state index in [0.717, 1.165) is 5.56 Å². The van der Waals surface area contributed by atoms with Gasteiger partial charge >= 0.3 is 0 Å². The van der Waals surface area contributed by atoms with Gasteiger partial charge in [0.05, 0.1) is 16.9 Å². The van der Waals surface area contributed by atoms with Crippen LogP contribution in [0.4, 0.5) is 5.69 Å². The topological polar surface area (TPSA) is 80.5 Å². The van der Waals surface area contributed by atoms with Crippen molar-refractivity contribution in [2.24, 2.45) is 0 Å². The zero-order valence-corrected chi connectivity index (χ0v) is 13.5.